The number of likely N-dealkylation sites (tertiary alicyclic amines) is 1. The zero-order valence-electron chi connectivity index (χ0n) is 18.5. The van der Waals surface area contributed by atoms with Gasteiger partial charge in [0.1, 0.15) is 0 Å². The van der Waals surface area contributed by atoms with E-state index >= 15 is 0 Å². The van der Waals surface area contributed by atoms with Gasteiger partial charge >= 0.3 is 0 Å². The molecule has 2 N–H and O–H groups in total. The second-order valence-electron chi connectivity index (χ2n) is 8.16. The van der Waals surface area contributed by atoms with E-state index in [1.807, 2.05) is 12.3 Å². The molecule has 0 unspecified atom stereocenters. The highest BCUT2D eigenvalue weighted by Crippen LogP contribution is 2.16. The number of benzene rings is 2. The van der Waals surface area contributed by atoms with Crippen LogP contribution in [0.3, 0.4) is 0 Å². The summed E-state index contributed by atoms with van der Waals surface area (Å²) in [5, 5.41) is 8.01. The van der Waals surface area contributed by atoms with Gasteiger partial charge in [-0.25, -0.2) is 4.99 Å². The van der Waals surface area contributed by atoms with Crippen molar-refractivity contribution in [1.82, 2.24) is 20.5 Å². The van der Waals surface area contributed by atoms with E-state index in [9.17, 15) is 0 Å². The summed E-state index contributed by atoms with van der Waals surface area (Å²) in [5.41, 5.74) is 4.97. The van der Waals surface area contributed by atoms with E-state index in [4.69, 9.17) is 4.99 Å². The van der Waals surface area contributed by atoms with E-state index < -0.39 is 0 Å². The minimum Gasteiger partial charge on any atom is -0.357 e. The molecule has 1 aliphatic heterocycles. The molecular weight excluding hydrogens is 382 g/mol. The van der Waals surface area contributed by atoms with Gasteiger partial charge in [0.15, 0.2) is 5.96 Å². The van der Waals surface area contributed by atoms with Gasteiger partial charge in [-0.05, 0) is 62.0 Å². The molecule has 5 heteroatoms. The Balaban J connectivity index is 1.31. The van der Waals surface area contributed by atoms with Crippen LogP contribution in [0.15, 0.2) is 65.8 Å². The van der Waals surface area contributed by atoms with Crippen LogP contribution in [-0.2, 0) is 19.5 Å². The van der Waals surface area contributed by atoms with Crippen molar-refractivity contribution in [1.29, 1.82) is 0 Å². The van der Waals surface area contributed by atoms with Crippen LogP contribution < -0.4 is 10.6 Å². The summed E-state index contributed by atoms with van der Waals surface area (Å²) < 4.78 is 0. The number of nitrogens with one attached hydrogen (secondary N) is 2. The third-order valence-electron chi connectivity index (χ3n) is 5.79. The largest absolute Gasteiger partial charge is 0.357 e. The van der Waals surface area contributed by atoms with Crippen molar-refractivity contribution in [2.24, 2.45) is 4.99 Å². The lowest BCUT2D eigenvalue weighted by molar-refractivity contribution is 0.331. The molecule has 1 fully saturated rings. The number of rotatable bonds is 8. The highest BCUT2D eigenvalue weighted by atomic mass is 15.2. The van der Waals surface area contributed by atoms with Gasteiger partial charge in [-0.2, -0.15) is 0 Å². The Bertz CT molecular complexity index is 985. The summed E-state index contributed by atoms with van der Waals surface area (Å²) in [4.78, 5) is 11.9. The number of para-hydroxylation sites is 1. The quantitative estimate of drug-likeness (QED) is 0.429. The molecule has 4 rings (SSSR count). The average Bonchev–Trinajstić information content (AvgIpc) is 3.32. The maximum atomic E-state index is 4.78. The fourth-order valence-electron chi connectivity index (χ4n) is 4.15. The smallest absolute Gasteiger partial charge is 0.191 e. The summed E-state index contributed by atoms with van der Waals surface area (Å²) in [7, 11) is 0. The number of hydrogen-bond acceptors (Lipinski definition) is 3. The molecule has 2 heterocycles. The van der Waals surface area contributed by atoms with E-state index in [-0.39, 0.29) is 0 Å². The molecule has 162 valence electrons. The van der Waals surface area contributed by atoms with Gasteiger partial charge in [-0.1, -0.05) is 48.5 Å². The van der Waals surface area contributed by atoms with Crippen molar-refractivity contribution in [3.63, 3.8) is 0 Å². The van der Waals surface area contributed by atoms with E-state index in [0.717, 1.165) is 37.5 Å². The minimum absolute atomic E-state index is 0.676. The maximum Gasteiger partial charge on any atom is 0.191 e. The van der Waals surface area contributed by atoms with Gasteiger partial charge in [0.05, 0.1) is 12.1 Å². The Kier molecular flexibility index (Phi) is 7.51. The van der Waals surface area contributed by atoms with Crippen molar-refractivity contribution in [2.75, 3.05) is 26.2 Å². The zero-order chi connectivity index (χ0) is 21.3. The average molecular weight is 416 g/mol. The number of pyridine rings is 1. The highest BCUT2D eigenvalue weighted by Gasteiger charge is 2.11. The van der Waals surface area contributed by atoms with Crippen LogP contribution in [0.25, 0.3) is 10.9 Å². The molecule has 1 saturated heterocycles. The number of nitrogens with zero attached hydrogens (tertiary/aromatic N) is 3. The molecule has 1 aromatic heterocycles. The fourth-order valence-corrected chi connectivity index (χ4v) is 4.15. The van der Waals surface area contributed by atoms with Crippen LogP contribution in [-0.4, -0.2) is 42.0 Å². The number of aliphatic imine (C=N–C) groups is 1. The van der Waals surface area contributed by atoms with E-state index in [2.05, 4.69) is 76.0 Å². The first-order valence-electron chi connectivity index (χ1n) is 11.5. The normalized spacial score (nSPS) is 14.8. The van der Waals surface area contributed by atoms with Crippen molar-refractivity contribution in [3.8, 4) is 0 Å². The first-order valence-corrected chi connectivity index (χ1v) is 11.5. The monoisotopic (exact) mass is 415 g/mol. The van der Waals surface area contributed by atoms with Gasteiger partial charge in [0, 0.05) is 31.2 Å². The predicted molar refractivity (Wildman–Crippen MR) is 129 cm³/mol. The Hall–Kier alpha value is -2.92. The van der Waals surface area contributed by atoms with Gasteiger partial charge in [0.25, 0.3) is 0 Å². The lowest BCUT2D eigenvalue weighted by Gasteiger charge is -2.14. The highest BCUT2D eigenvalue weighted by molar-refractivity contribution is 5.82. The third kappa shape index (κ3) is 6.05. The molecule has 0 radical (unpaired) electrons. The molecule has 3 aromatic rings. The molecule has 0 amide bonds. The standard InChI is InChI=1S/C26H33N5/c1-2-27-26(29-16-14-24-8-5-7-23-9-6-15-28-25(23)24)30-19-21-10-12-22(13-11-21)20-31-17-3-4-18-31/h5-13,15H,2-4,14,16-20H2,1H3,(H2,27,29,30). The Morgan fingerprint density at radius 3 is 2.55 bits per heavy atom. The molecule has 1 aliphatic rings. The Morgan fingerprint density at radius 2 is 1.74 bits per heavy atom. The molecule has 0 atom stereocenters. The van der Waals surface area contributed by atoms with Crippen LogP contribution in [0.2, 0.25) is 0 Å². The summed E-state index contributed by atoms with van der Waals surface area (Å²) in [6, 6.07) is 19.4. The lowest BCUT2D eigenvalue weighted by atomic mass is 10.1. The summed E-state index contributed by atoms with van der Waals surface area (Å²) in [6.07, 6.45) is 5.44. The van der Waals surface area contributed by atoms with Crippen LogP contribution in [0.1, 0.15) is 36.5 Å². The second kappa shape index (κ2) is 10.9. The molecule has 31 heavy (non-hydrogen) atoms. The van der Waals surface area contributed by atoms with Crippen LogP contribution in [0, 0.1) is 0 Å². The first kappa shape index (κ1) is 21.3. The van der Waals surface area contributed by atoms with Gasteiger partial charge < -0.3 is 10.6 Å². The number of aromatic nitrogens is 1. The lowest BCUT2D eigenvalue weighted by Crippen LogP contribution is -2.38. The molecule has 2 aromatic carbocycles. The summed E-state index contributed by atoms with van der Waals surface area (Å²) >= 11 is 0. The molecule has 5 nitrogen and oxygen atoms in total. The summed E-state index contributed by atoms with van der Waals surface area (Å²) in [5.74, 6) is 0.858. The van der Waals surface area contributed by atoms with Crippen molar-refractivity contribution >= 4 is 16.9 Å². The number of guanidine groups is 1. The SMILES string of the molecule is CCNC(=NCc1ccc(CN2CCCC2)cc1)NCCc1cccc2cccnc12. The molecular formula is C26H33N5. The second-order valence-corrected chi connectivity index (χ2v) is 8.16. The fraction of sp³-hybridized carbons (Fsp3) is 0.385. The van der Waals surface area contributed by atoms with Crippen LogP contribution in [0.4, 0.5) is 0 Å². The molecule has 0 aliphatic carbocycles. The Morgan fingerprint density at radius 1 is 0.968 bits per heavy atom. The number of hydrogen-bond donors (Lipinski definition) is 2. The van der Waals surface area contributed by atoms with Crippen molar-refractivity contribution in [3.05, 3.63) is 77.5 Å². The van der Waals surface area contributed by atoms with Gasteiger partial charge in [-0.15, -0.1) is 0 Å². The first-order chi connectivity index (χ1) is 15.3. The van der Waals surface area contributed by atoms with E-state index in [0.29, 0.717) is 6.54 Å². The summed E-state index contributed by atoms with van der Waals surface area (Å²) in [6.45, 7) is 7.97. The van der Waals surface area contributed by atoms with Gasteiger partial charge in [0.2, 0.25) is 0 Å². The molecule has 0 saturated carbocycles. The molecule has 0 bridgehead atoms. The van der Waals surface area contributed by atoms with Crippen LogP contribution in [0.5, 0.6) is 0 Å². The minimum atomic E-state index is 0.676. The Labute approximate surface area is 185 Å². The van der Waals surface area contributed by atoms with Crippen LogP contribution >= 0.6 is 0 Å². The van der Waals surface area contributed by atoms with E-state index in [1.54, 1.807) is 0 Å². The maximum absolute atomic E-state index is 4.78. The zero-order valence-corrected chi connectivity index (χ0v) is 18.5. The van der Waals surface area contributed by atoms with E-state index in [1.165, 1.54) is 48.0 Å². The number of fused-ring (bicyclic) bond motifs is 1. The topological polar surface area (TPSA) is 52.6 Å². The van der Waals surface area contributed by atoms with Crippen molar-refractivity contribution in [2.45, 2.75) is 39.3 Å². The molecule has 0 spiro atoms. The van der Waals surface area contributed by atoms with Crippen molar-refractivity contribution < 1.29 is 0 Å². The third-order valence-corrected chi connectivity index (χ3v) is 5.79. The predicted octanol–water partition coefficient (Wildman–Crippen LogP) is 4.13. The van der Waals surface area contributed by atoms with Gasteiger partial charge in [-0.3, -0.25) is 9.88 Å².